The Morgan fingerprint density at radius 2 is 1.71 bits per heavy atom. The molecule has 1 aromatic heterocycles. The number of carbonyl (C=O) groups excluding carboxylic acids is 1. The van der Waals surface area contributed by atoms with Gasteiger partial charge >= 0.3 is 0 Å². The first kappa shape index (κ1) is 11.4. The Morgan fingerprint density at radius 1 is 1.12 bits per heavy atom. The zero-order chi connectivity index (χ0) is 12.4. The molecule has 88 valence electrons. The summed E-state index contributed by atoms with van der Waals surface area (Å²) < 4.78 is 2.03. The Balaban J connectivity index is 2.64. The monoisotopic (exact) mass is 229 g/mol. The third kappa shape index (κ3) is 1.94. The minimum absolute atomic E-state index is 0.284. The van der Waals surface area contributed by atoms with Crippen LogP contribution in [0, 0.1) is 13.8 Å². The maximum atomic E-state index is 11.7. The van der Waals surface area contributed by atoms with Crippen molar-refractivity contribution >= 4 is 5.91 Å². The Kier molecular flexibility index (Phi) is 2.97. The van der Waals surface area contributed by atoms with E-state index in [0.29, 0.717) is 5.56 Å². The molecule has 3 N–H and O–H groups in total. The lowest BCUT2D eigenvalue weighted by Crippen LogP contribution is -2.31. The molecule has 17 heavy (non-hydrogen) atoms. The summed E-state index contributed by atoms with van der Waals surface area (Å²) in [6.07, 6.45) is 0. The van der Waals surface area contributed by atoms with Crippen molar-refractivity contribution in [3.63, 3.8) is 0 Å². The van der Waals surface area contributed by atoms with Crippen molar-refractivity contribution in [3.8, 4) is 5.69 Å². The molecule has 4 nitrogen and oxygen atoms in total. The first-order valence-electron chi connectivity index (χ1n) is 5.40. The highest BCUT2D eigenvalue weighted by atomic mass is 16.2. The molecular weight excluding hydrogens is 214 g/mol. The van der Waals surface area contributed by atoms with Gasteiger partial charge in [-0.25, -0.2) is 5.84 Å². The Hall–Kier alpha value is -2.07. The Labute approximate surface area is 100 Å². The van der Waals surface area contributed by atoms with Crippen LogP contribution < -0.4 is 11.3 Å². The molecule has 0 spiro atoms. The second-order valence-electron chi connectivity index (χ2n) is 3.94. The Bertz CT molecular complexity index is 538. The van der Waals surface area contributed by atoms with E-state index in [-0.39, 0.29) is 5.91 Å². The number of nitrogens with two attached hydrogens (primary N) is 1. The van der Waals surface area contributed by atoms with E-state index >= 15 is 0 Å². The van der Waals surface area contributed by atoms with Crippen LogP contribution in [-0.2, 0) is 0 Å². The fourth-order valence-corrected chi connectivity index (χ4v) is 1.99. The van der Waals surface area contributed by atoms with Crippen LogP contribution in [0.25, 0.3) is 5.69 Å². The Morgan fingerprint density at radius 3 is 2.29 bits per heavy atom. The number of nitrogens with one attached hydrogen (secondary N) is 1. The molecule has 0 fully saturated rings. The fraction of sp³-hybridized carbons (Fsp3) is 0.154. The van der Waals surface area contributed by atoms with E-state index in [9.17, 15) is 4.79 Å². The number of nitrogens with zero attached hydrogens (tertiary/aromatic N) is 1. The molecule has 0 bridgehead atoms. The molecule has 1 heterocycles. The van der Waals surface area contributed by atoms with Crippen LogP contribution >= 0.6 is 0 Å². The van der Waals surface area contributed by atoms with E-state index in [1.165, 1.54) is 0 Å². The van der Waals surface area contributed by atoms with Gasteiger partial charge in [0.1, 0.15) is 0 Å². The van der Waals surface area contributed by atoms with Crippen LogP contribution in [0.5, 0.6) is 0 Å². The standard InChI is InChI=1S/C13H15N3O/c1-9-7-8-10(2)16(9)12-6-4-3-5-11(12)13(17)15-14/h3-8H,14H2,1-2H3,(H,15,17). The van der Waals surface area contributed by atoms with Gasteiger partial charge in [-0.1, -0.05) is 12.1 Å². The zero-order valence-electron chi connectivity index (χ0n) is 9.90. The predicted octanol–water partition coefficient (Wildman–Crippen LogP) is 1.70. The molecule has 4 heteroatoms. The third-order valence-electron chi connectivity index (χ3n) is 2.79. The highest BCUT2D eigenvalue weighted by Gasteiger charge is 2.13. The predicted molar refractivity (Wildman–Crippen MR) is 66.9 cm³/mol. The van der Waals surface area contributed by atoms with Gasteiger partial charge in [-0.15, -0.1) is 0 Å². The number of para-hydroxylation sites is 1. The molecule has 0 atom stereocenters. The van der Waals surface area contributed by atoms with E-state index in [1.54, 1.807) is 6.07 Å². The zero-order valence-corrected chi connectivity index (χ0v) is 9.90. The van der Waals surface area contributed by atoms with Gasteiger partial charge < -0.3 is 4.57 Å². The molecule has 0 unspecified atom stereocenters. The molecule has 1 aromatic carbocycles. The van der Waals surface area contributed by atoms with E-state index in [1.807, 2.05) is 48.7 Å². The minimum Gasteiger partial charge on any atom is -0.318 e. The van der Waals surface area contributed by atoms with E-state index in [2.05, 4.69) is 5.43 Å². The number of hydrazine groups is 1. The number of aryl methyl sites for hydroxylation is 2. The van der Waals surface area contributed by atoms with Gasteiger partial charge in [-0.2, -0.15) is 0 Å². The second-order valence-corrected chi connectivity index (χ2v) is 3.94. The van der Waals surface area contributed by atoms with Crippen LogP contribution in [-0.4, -0.2) is 10.5 Å². The number of nitrogen functional groups attached to an aromatic ring is 1. The number of hydrogen-bond donors (Lipinski definition) is 2. The van der Waals surface area contributed by atoms with Gasteiger partial charge in [0.05, 0.1) is 11.3 Å². The number of amides is 1. The van der Waals surface area contributed by atoms with Crippen molar-refractivity contribution in [2.24, 2.45) is 5.84 Å². The normalized spacial score (nSPS) is 10.3. The highest BCUT2D eigenvalue weighted by Crippen LogP contribution is 2.19. The molecule has 0 saturated carbocycles. The summed E-state index contributed by atoms with van der Waals surface area (Å²) in [5.74, 6) is 4.91. The number of benzene rings is 1. The summed E-state index contributed by atoms with van der Waals surface area (Å²) in [7, 11) is 0. The molecule has 0 aliphatic carbocycles. The van der Waals surface area contributed by atoms with Crippen molar-refractivity contribution in [2.45, 2.75) is 13.8 Å². The topological polar surface area (TPSA) is 60.0 Å². The summed E-state index contributed by atoms with van der Waals surface area (Å²) in [6, 6.07) is 11.4. The van der Waals surface area contributed by atoms with Crippen LogP contribution in [0.2, 0.25) is 0 Å². The lowest BCUT2D eigenvalue weighted by atomic mass is 10.1. The van der Waals surface area contributed by atoms with Crippen molar-refractivity contribution < 1.29 is 4.79 Å². The van der Waals surface area contributed by atoms with Crippen molar-refractivity contribution in [1.82, 2.24) is 9.99 Å². The lowest BCUT2D eigenvalue weighted by Gasteiger charge is -2.13. The maximum absolute atomic E-state index is 11.7. The molecule has 0 radical (unpaired) electrons. The van der Waals surface area contributed by atoms with Crippen LogP contribution in [0.3, 0.4) is 0 Å². The van der Waals surface area contributed by atoms with Gasteiger partial charge in [0, 0.05) is 11.4 Å². The molecule has 0 aliphatic rings. The molecule has 1 amide bonds. The van der Waals surface area contributed by atoms with E-state index < -0.39 is 0 Å². The first-order chi connectivity index (χ1) is 8.15. The second kappa shape index (κ2) is 4.43. The fourth-order valence-electron chi connectivity index (χ4n) is 1.99. The lowest BCUT2D eigenvalue weighted by molar-refractivity contribution is 0.0953. The van der Waals surface area contributed by atoms with Crippen molar-refractivity contribution in [2.75, 3.05) is 0 Å². The highest BCUT2D eigenvalue weighted by molar-refractivity contribution is 5.97. The molecule has 2 aromatic rings. The van der Waals surface area contributed by atoms with E-state index in [0.717, 1.165) is 17.1 Å². The van der Waals surface area contributed by atoms with Gasteiger partial charge in [0.15, 0.2) is 0 Å². The quantitative estimate of drug-likeness (QED) is 0.468. The van der Waals surface area contributed by atoms with Gasteiger partial charge in [-0.05, 0) is 38.1 Å². The maximum Gasteiger partial charge on any atom is 0.267 e. The van der Waals surface area contributed by atoms with Gasteiger partial charge in [0.2, 0.25) is 0 Å². The van der Waals surface area contributed by atoms with E-state index in [4.69, 9.17) is 5.84 Å². The summed E-state index contributed by atoms with van der Waals surface area (Å²) in [4.78, 5) is 11.7. The largest absolute Gasteiger partial charge is 0.318 e. The summed E-state index contributed by atoms with van der Waals surface area (Å²) >= 11 is 0. The van der Waals surface area contributed by atoms with Crippen molar-refractivity contribution in [3.05, 3.63) is 53.3 Å². The molecule has 2 rings (SSSR count). The molecule has 0 aliphatic heterocycles. The summed E-state index contributed by atoms with van der Waals surface area (Å²) in [5, 5.41) is 0. The average Bonchev–Trinajstić information content (AvgIpc) is 2.68. The SMILES string of the molecule is Cc1ccc(C)n1-c1ccccc1C(=O)NN. The molecular formula is C13H15N3O. The average molecular weight is 229 g/mol. The first-order valence-corrected chi connectivity index (χ1v) is 5.40. The number of carbonyl (C=O) groups is 1. The number of rotatable bonds is 2. The summed E-state index contributed by atoms with van der Waals surface area (Å²) in [6.45, 7) is 4.01. The smallest absolute Gasteiger partial charge is 0.267 e. The van der Waals surface area contributed by atoms with Crippen LogP contribution in [0.4, 0.5) is 0 Å². The molecule has 0 saturated heterocycles. The van der Waals surface area contributed by atoms with Gasteiger partial charge in [0.25, 0.3) is 5.91 Å². The van der Waals surface area contributed by atoms with Crippen molar-refractivity contribution in [1.29, 1.82) is 0 Å². The minimum atomic E-state index is -0.284. The van der Waals surface area contributed by atoms with Gasteiger partial charge in [-0.3, -0.25) is 10.2 Å². The number of hydrogen-bond acceptors (Lipinski definition) is 2. The third-order valence-corrected chi connectivity index (χ3v) is 2.79. The summed E-state index contributed by atoms with van der Waals surface area (Å²) in [5.41, 5.74) is 5.75. The van der Waals surface area contributed by atoms with Crippen LogP contribution in [0.15, 0.2) is 36.4 Å². The number of aromatic nitrogens is 1. The van der Waals surface area contributed by atoms with Crippen LogP contribution in [0.1, 0.15) is 21.7 Å².